The number of amides is 1. The molecule has 1 aromatic heterocycles. The summed E-state index contributed by atoms with van der Waals surface area (Å²) in [5.74, 6) is 1.05. The number of hydrogen-bond acceptors (Lipinski definition) is 5. The van der Waals surface area contributed by atoms with Crippen molar-refractivity contribution in [1.82, 2.24) is 19.8 Å². The number of halogens is 1. The zero-order valence-electron chi connectivity index (χ0n) is 13.8. The molecule has 2 aliphatic rings. The van der Waals surface area contributed by atoms with Gasteiger partial charge in [-0.25, -0.2) is 14.8 Å². The Balaban J connectivity index is 1.51. The number of nitrogens with zero attached hydrogens (tertiary/aromatic N) is 4. The van der Waals surface area contributed by atoms with Crippen LogP contribution in [0.4, 0.5) is 4.79 Å². The number of likely N-dealkylation sites (tertiary alicyclic amines) is 2. The van der Waals surface area contributed by atoms with E-state index in [-0.39, 0.29) is 11.4 Å². The van der Waals surface area contributed by atoms with Gasteiger partial charge in [-0.3, -0.25) is 4.90 Å². The lowest BCUT2D eigenvalue weighted by molar-refractivity contribution is 0.0274. The third kappa shape index (κ3) is 4.12. The molecule has 2 atom stereocenters. The van der Waals surface area contributed by atoms with Crippen LogP contribution in [0.1, 0.15) is 26.3 Å². The Morgan fingerprint density at radius 3 is 2.30 bits per heavy atom. The van der Waals surface area contributed by atoms with E-state index < -0.39 is 5.60 Å². The average molecular weight is 339 g/mol. The molecular formula is C16H23ClN4O2. The zero-order valence-corrected chi connectivity index (χ0v) is 14.6. The molecule has 6 nitrogen and oxygen atoms in total. The van der Waals surface area contributed by atoms with Crippen LogP contribution in [-0.2, 0) is 11.3 Å². The van der Waals surface area contributed by atoms with Gasteiger partial charge in [0.2, 0.25) is 5.28 Å². The van der Waals surface area contributed by atoms with Gasteiger partial charge in [0.15, 0.2) is 0 Å². The number of rotatable bonds is 2. The minimum atomic E-state index is -0.435. The number of carbonyl (C=O) groups is 1. The second kappa shape index (κ2) is 6.24. The number of aromatic nitrogens is 2. The van der Waals surface area contributed by atoms with Crippen LogP contribution >= 0.6 is 11.6 Å². The highest BCUT2D eigenvalue weighted by molar-refractivity contribution is 6.28. The summed E-state index contributed by atoms with van der Waals surface area (Å²) >= 11 is 5.71. The Labute approximate surface area is 141 Å². The predicted octanol–water partition coefficient (Wildman–Crippen LogP) is 2.43. The first-order valence-corrected chi connectivity index (χ1v) is 8.34. The molecule has 0 N–H and O–H groups in total. The Hall–Kier alpha value is -1.40. The molecule has 0 bridgehead atoms. The zero-order chi connectivity index (χ0) is 16.6. The molecule has 23 heavy (non-hydrogen) atoms. The van der Waals surface area contributed by atoms with Crippen molar-refractivity contribution in [2.75, 3.05) is 26.2 Å². The monoisotopic (exact) mass is 338 g/mol. The van der Waals surface area contributed by atoms with Crippen molar-refractivity contribution >= 4 is 17.7 Å². The average Bonchev–Trinajstić information content (AvgIpc) is 2.97. The van der Waals surface area contributed by atoms with Gasteiger partial charge in [0.05, 0.1) is 0 Å². The number of ether oxygens (including phenoxy) is 1. The summed E-state index contributed by atoms with van der Waals surface area (Å²) < 4.78 is 5.46. The van der Waals surface area contributed by atoms with E-state index in [0.29, 0.717) is 11.8 Å². The van der Waals surface area contributed by atoms with E-state index in [1.54, 1.807) is 12.4 Å². The number of hydrogen-bond donors (Lipinski definition) is 0. The highest BCUT2D eigenvalue weighted by Crippen LogP contribution is 2.32. The van der Waals surface area contributed by atoms with E-state index in [9.17, 15) is 4.79 Å². The van der Waals surface area contributed by atoms with E-state index in [2.05, 4.69) is 14.9 Å². The molecule has 2 unspecified atom stereocenters. The molecule has 0 saturated carbocycles. The highest BCUT2D eigenvalue weighted by atomic mass is 35.5. The van der Waals surface area contributed by atoms with Gasteiger partial charge >= 0.3 is 6.09 Å². The van der Waals surface area contributed by atoms with Crippen molar-refractivity contribution in [3.8, 4) is 0 Å². The van der Waals surface area contributed by atoms with Crippen molar-refractivity contribution in [2.24, 2.45) is 11.8 Å². The molecule has 0 aromatic carbocycles. The SMILES string of the molecule is CC(C)(C)OC(=O)N1CC2CN(Cc3cnc(Cl)nc3)CC2C1. The van der Waals surface area contributed by atoms with Crippen molar-refractivity contribution in [3.05, 3.63) is 23.2 Å². The molecule has 2 aliphatic heterocycles. The number of fused-ring (bicyclic) bond motifs is 1. The lowest BCUT2D eigenvalue weighted by Gasteiger charge is -2.26. The Morgan fingerprint density at radius 1 is 1.22 bits per heavy atom. The number of carbonyl (C=O) groups excluding carboxylic acids is 1. The maximum Gasteiger partial charge on any atom is 0.410 e. The molecule has 7 heteroatoms. The van der Waals surface area contributed by atoms with Crippen LogP contribution in [0.3, 0.4) is 0 Å². The molecule has 0 spiro atoms. The van der Waals surface area contributed by atoms with Gasteiger partial charge < -0.3 is 9.64 Å². The predicted molar refractivity (Wildman–Crippen MR) is 87.1 cm³/mol. The minimum Gasteiger partial charge on any atom is -0.444 e. The summed E-state index contributed by atoms with van der Waals surface area (Å²) in [5.41, 5.74) is 0.633. The van der Waals surface area contributed by atoms with Crippen LogP contribution in [0.15, 0.2) is 12.4 Å². The van der Waals surface area contributed by atoms with Crippen molar-refractivity contribution in [1.29, 1.82) is 0 Å². The maximum atomic E-state index is 12.2. The fourth-order valence-corrected chi connectivity index (χ4v) is 3.47. The molecule has 126 valence electrons. The first-order chi connectivity index (χ1) is 10.8. The molecular weight excluding hydrogens is 316 g/mol. The minimum absolute atomic E-state index is 0.190. The molecule has 3 heterocycles. The smallest absolute Gasteiger partial charge is 0.410 e. The van der Waals surface area contributed by atoms with Crippen LogP contribution in [0.25, 0.3) is 0 Å². The van der Waals surface area contributed by atoms with E-state index in [0.717, 1.165) is 38.3 Å². The molecule has 1 amide bonds. The van der Waals surface area contributed by atoms with Crippen molar-refractivity contribution < 1.29 is 9.53 Å². The Morgan fingerprint density at radius 2 is 1.78 bits per heavy atom. The van der Waals surface area contributed by atoms with Crippen LogP contribution in [0, 0.1) is 11.8 Å². The third-order valence-electron chi connectivity index (χ3n) is 4.29. The summed E-state index contributed by atoms with van der Waals surface area (Å²) in [6, 6.07) is 0. The molecule has 2 fully saturated rings. The summed E-state index contributed by atoms with van der Waals surface area (Å²) in [4.78, 5) is 24.4. The molecule has 0 radical (unpaired) electrons. The summed E-state index contributed by atoms with van der Waals surface area (Å²) in [6.45, 7) is 10.1. The first-order valence-electron chi connectivity index (χ1n) is 7.97. The second-order valence-electron chi connectivity index (χ2n) is 7.46. The van der Waals surface area contributed by atoms with Crippen LogP contribution in [0.5, 0.6) is 0 Å². The maximum absolute atomic E-state index is 12.2. The van der Waals surface area contributed by atoms with Crippen LogP contribution in [0.2, 0.25) is 5.28 Å². The molecule has 3 rings (SSSR count). The van der Waals surface area contributed by atoms with Crippen molar-refractivity contribution in [3.63, 3.8) is 0 Å². The van der Waals surface area contributed by atoms with Gasteiger partial charge in [-0.2, -0.15) is 0 Å². The standard InChI is InChI=1S/C16H23ClN4O2/c1-16(2,3)23-15(22)21-9-12-7-20(8-13(12)10-21)6-11-4-18-14(17)19-5-11/h4-5,12-13H,6-10H2,1-3H3. The topological polar surface area (TPSA) is 58.6 Å². The van der Waals surface area contributed by atoms with Gasteiger partial charge in [0.1, 0.15) is 5.60 Å². The highest BCUT2D eigenvalue weighted by Gasteiger charge is 2.42. The second-order valence-corrected chi connectivity index (χ2v) is 7.80. The summed E-state index contributed by atoms with van der Waals surface area (Å²) in [6.07, 6.45) is 3.36. The lowest BCUT2D eigenvalue weighted by atomic mass is 10.0. The normalized spacial score (nSPS) is 24.8. The van der Waals surface area contributed by atoms with E-state index in [1.807, 2.05) is 25.7 Å². The summed E-state index contributed by atoms with van der Waals surface area (Å²) in [5, 5.41) is 0.278. The van der Waals surface area contributed by atoms with Gasteiger partial charge in [-0.05, 0) is 44.2 Å². The largest absolute Gasteiger partial charge is 0.444 e. The van der Waals surface area contributed by atoms with Crippen LogP contribution < -0.4 is 0 Å². The van der Waals surface area contributed by atoms with E-state index >= 15 is 0 Å². The Kier molecular flexibility index (Phi) is 4.47. The molecule has 1 aromatic rings. The quantitative estimate of drug-likeness (QED) is 0.775. The fourth-order valence-electron chi connectivity index (χ4n) is 3.37. The van der Waals surface area contributed by atoms with Crippen molar-refractivity contribution in [2.45, 2.75) is 32.9 Å². The Bertz CT molecular complexity index is 558. The molecule has 0 aliphatic carbocycles. The van der Waals surface area contributed by atoms with E-state index in [4.69, 9.17) is 16.3 Å². The van der Waals surface area contributed by atoms with Crippen LogP contribution in [-0.4, -0.2) is 57.6 Å². The van der Waals surface area contributed by atoms with Gasteiger partial charge in [-0.15, -0.1) is 0 Å². The van der Waals surface area contributed by atoms with Gasteiger partial charge in [0, 0.05) is 50.7 Å². The fraction of sp³-hybridized carbons (Fsp3) is 0.688. The summed E-state index contributed by atoms with van der Waals surface area (Å²) in [7, 11) is 0. The lowest BCUT2D eigenvalue weighted by Crippen LogP contribution is -2.37. The van der Waals surface area contributed by atoms with Gasteiger partial charge in [0.25, 0.3) is 0 Å². The van der Waals surface area contributed by atoms with E-state index in [1.165, 1.54) is 0 Å². The molecule has 2 saturated heterocycles. The first kappa shape index (κ1) is 16.5. The van der Waals surface area contributed by atoms with Gasteiger partial charge in [-0.1, -0.05) is 0 Å². The third-order valence-corrected chi connectivity index (χ3v) is 4.49.